The summed E-state index contributed by atoms with van der Waals surface area (Å²) in [4.78, 5) is 0. The van der Waals surface area contributed by atoms with Gasteiger partial charge in [0.05, 0.1) is 17.8 Å². The van der Waals surface area contributed by atoms with E-state index in [1.165, 1.54) is 0 Å². The van der Waals surface area contributed by atoms with Gasteiger partial charge >= 0.3 is 0 Å². The molecule has 20 heavy (non-hydrogen) atoms. The second-order valence-electron chi connectivity index (χ2n) is 5.33. The summed E-state index contributed by atoms with van der Waals surface area (Å²) in [5, 5.41) is 15.4. The maximum absolute atomic E-state index is 10.1. The Kier molecular flexibility index (Phi) is 3.68. The Balaban J connectivity index is 1.92. The van der Waals surface area contributed by atoms with Gasteiger partial charge in [-0.05, 0) is 25.0 Å². The number of halogens is 1. The summed E-state index contributed by atoms with van der Waals surface area (Å²) in [6, 6.07) is 9.36. The van der Waals surface area contributed by atoms with Crippen molar-refractivity contribution in [3.8, 4) is 11.3 Å². The number of rotatable bonds is 2. The third-order valence-electron chi connectivity index (χ3n) is 3.91. The van der Waals surface area contributed by atoms with Crippen LogP contribution in [0.3, 0.4) is 0 Å². The van der Waals surface area contributed by atoms with Gasteiger partial charge in [0.1, 0.15) is 5.82 Å². The number of benzene rings is 1. The first kappa shape index (κ1) is 13.5. The Bertz CT molecular complexity index is 594. The molecule has 106 valence electrons. The van der Waals surface area contributed by atoms with E-state index < -0.39 is 0 Å². The highest BCUT2D eigenvalue weighted by Crippen LogP contribution is 2.32. The lowest BCUT2D eigenvalue weighted by atomic mass is 9.93. The molecule has 1 heterocycles. The normalized spacial score (nSPS) is 22.9. The number of nitrogens with zero attached hydrogens (tertiary/aromatic N) is 2. The van der Waals surface area contributed by atoms with Gasteiger partial charge < -0.3 is 10.8 Å². The van der Waals surface area contributed by atoms with Crippen LogP contribution in [0.4, 0.5) is 5.82 Å². The van der Waals surface area contributed by atoms with E-state index in [4.69, 9.17) is 17.3 Å². The molecule has 0 amide bonds. The highest BCUT2D eigenvalue weighted by atomic mass is 35.5. The minimum atomic E-state index is -0.357. The molecule has 3 N–H and O–H groups in total. The van der Waals surface area contributed by atoms with Gasteiger partial charge in [-0.3, -0.25) is 0 Å². The summed E-state index contributed by atoms with van der Waals surface area (Å²) in [7, 11) is 0. The molecular formula is C15H18ClN3O. The van der Waals surface area contributed by atoms with Crippen molar-refractivity contribution in [3.63, 3.8) is 0 Å². The largest absolute Gasteiger partial charge is 0.391 e. The fraction of sp³-hybridized carbons (Fsp3) is 0.400. The van der Waals surface area contributed by atoms with Crippen LogP contribution >= 0.6 is 11.6 Å². The van der Waals surface area contributed by atoms with Crippen LogP contribution in [0.5, 0.6) is 0 Å². The van der Waals surface area contributed by atoms with Gasteiger partial charge in [0.15, 0.2) is 0 Å². The van der Waals surface area contributed by atoms with Crippen molar-refractivity contribution >= 4 is 17.4 Å². The smallest absolute Gasteiger partial charge is 0.122 e. The van der Waals surface area contributed by atoms with Crippen molar-refractivity contribution in [1.82, 2.24) is 9.78 Å². The Labute approximate surface area is 123 Å². The molecule has 0 radical (unpaired) electrons. The molecule has 2 atom stereocenters. The molecule has 1 aromatic heterocycles. The first-order valence-corrected chi connectivity index (χ1v) is 7.32. The third-order valence-corrected chi connectivity index (χ3v) is 4.16. The third kappa shape index (κ3) is 2.53. The summed E-state index contributed by atoms with van der Waals surface area (Å²) in [5.41, 5.74) is 7.86. The highest BCUT2D eigenvalue weighted by molar-refractivity contribution is 6.30. The van der Waals surface area contributed by atoms with Crippen molar-refractivity contribution in [2.45, 2.75) is 37.8 Å². The first-order valence-electron chi connectivity index (χ1n) is 6.94. The average Bonchev–Trinajstić information content (AvgIpc) is 2.82. The maximum Gasteiger partial charge on any atom is 0.122 e. The van der Waals surface area contributed by atoms with E-state index >= 15 is 0 Å². The number of nitrogens with two attached hydrogens (primary N) is 1. The number of aromatic nitrogens is 2. The minimum Gasteiger partial charge on any atom is -0.391 e. The van der Waals surface area contributed by atoms with Gasteiger partial charge in [-0.1, -0.05) is 36.6 Å². The zero-order valence-corrected chi connectivity index (χ0v) is 11.9. The Morgan fingerprint density at radius 1 is 1.20 bits per heavy atom. The SMILES string of the molecule is Nc1cc(-c2ccc(Cl)cc2)nn1C1CCCCC1O. The van der Waals surface area contributed by atoms with Gasteiger partial charge in [0.25, 0.3) is 0 Å². The second kappa shape index (κ2) is 5.46. The van der Waals surface area contributed by atoms with Crippen molar-refractivity contribution in [3.05, 3.63) is 35.4 Å². The van der Waals surface area contributed by atoms with Gasteiger partial charge in [-0.2, -0.15) is 5.10 Å². The quantitative estimate of drug-likeness (QED) is 0.892. The maximum atomic E-state index is 10.1. The van der Waals surface area contributed by atoms with Crippen LogP contribution in [0.1, 0.15) is 31.7 Å². The highest BCUT2D eigenvalue weighted by Gasteiger charge is 2.27. The second-order valence-corrected chi connectivity index (χ2v) is 5.76. The molecule has 4 nitrogen and oxygen atoms in total. The number of nitrogen functional groups attached to an aromatic ring is 1. The molecule has 1 saturated carbocycles. The van der Waals surface area contributed by atoms with Crippen LogP contribution in [0.2, 0.25) is 5.02 Å². The molecule has 0 spiro atoms. The Morgan fingerprint density at radius 3 is 2.60 bits per heavy atom. The summed E-state index contributed by atoms with van der Waals surface area (Å²) >= 11 is 5.89. The van der Waals surface area contributed by atoms with E-state index in [0.717, 1.165) is 36.9 Å². The molecule has 2 unspecified atom stereocenters. The monoisotopic (exact) mass is 291 g/mol. The number of aliphatic hydroxyl groups excluding tert-OH is 1. The fourth-order valence-electron chi connectivity index (χ4n) is 2.81. The zero-order valence-electron chi connectivity index (χ0n) is 11.2. The van der Waals surface area contributed by atoms with Crippen molar-refractivity contribution in [1.29, 1.82) is 0 Å². The van der Waals surface area contributed by atoms with Crippen molar-refractivity contribution in [2.75, 3.05) is 5.73 Å². The molecule has 0 saturated heterocycles. The molecule has 5 heteroatoms. The van der Waals surface area contributed by atoms with E-state index in [9.17, 15) is 5.11 Å². The number of hydrogen-bond donors (Lipinski definition) is 2. The minimum absolute atomic E-state index is 0.00944. The van der Waals surface area contributed by atoms with E-state index in [1.807, 2.05) is 30.3 Å². The molecule has 1 aliphatic rings. The van der Waals surface area contributed by atoms with Crippen molar-refractivity contribution < 1.29 is 5.11 Å². The van der Waals surface area contributed by atoms with E-state index in [0.29, 0.717) is 10.8 Å². The van der Waals surface area contributed by atoms with Crippen LogP contribution < -0.4 is 5.73 Å². The van der Waals surface area contributed by atoms with Crippen LogP contribution in [0, 0.1) is 0 Å². The summed E-state index contributed by atoms with van der Waals surface area (Å²) in [6.45, 7) is 0. The summed E-state index contributed by atoms with van der Waals surface area (Å²) < 4.78 is 1.77. The van der Waals surface area contributed by atoms with Crippen molar-refractivity contribution in [2.24, 2.45) is 0 Å². The van der Waals surface area contributed by atoms with E-state index in [2.05, 4.69) is 5.10 Å². The van der Waals surface area contributed by atoms with E-state index in [1.54, 1.807) is 4.68 Å². The predicted molar refractivity (Wildman–Crippen MR) is 80.6 cm³/mol. The number of aliphatic hydroxyl groups is 1. The van der Waals surface area contributed by atoms with Gasteiger partial charge in [0, 0.05) is 16.7 Å². The van der Waals surface area contributed by atoms with Crippen LogP contribution in [0.25, 0.3) is 11.3 Å². The molecule has 3 rings (SSSR count). The van der Waals surface area contributed by atoms with Gasteiger partial charge in [-0.15, -0.1) is 0 Å². The fourth-order valence-corrected chi connectivity index (χ4v) is 2.94. The topological polar surface area (TPSA) is 64.1 Å². The molecule has 2 aromatic rings. The van der Waals surface area contributed by atoms with Crippen LogP contribution in [0.15, 0.2) is 30.3 Å². The summed E-state index contributed by atoms with van der Waals surface area (Å²) in [5.74, 6) is 0.598. The van der Waals surface area contributed by atoms with Gasteiger partial charge in [0.2, 0.25) is 0 Å². The average molecular weight is 292 g/mol. The molecule has 1 aliphatic carbocycles. The number of anilines is 1. The van der Waals surface area contributed by atoms with Crippen LogP contribution in [-0.2, 0) is 0 Å². The molecule has 0 bridgehead atoms. The standard InChI is InChI=1S/C15H18ClN3O/c16-11-7-5-10(6-8-11)12-9-15(17)19(18-12)13-3-1-2-4-14(13)20/h5-9,13-14,20H,1-4,17H2. The van der Waals surface area contributed by atoms with Gasteiger partial charge in [-0.25, -0.2) is 4.68 Å². The predicted octanol–water partition coefficient (Wildman–Crippen LogP) is 3.26. The molecule has 1 aromatic carbocycles. The Hall–Kier alpha value is -1.52. The number of hydrogen-bond acceptors (Lipinski definition) is 3. The zero-order chi connectivity index (χ0) is 14.1. The molecular weight excluding hydrogens is 274 g/mol. The molecule has 1 fully saturated rings. The molecule has 0 aliphatic heterocycles. The Morgan fingerprint density at radius 2 is 1.90 bits per heavy atom. The lowest BCUT2D eigenvalue weighted by molar-refractivity contribution is 0.0707. The summed E-state index contributed by atoms with van der Waals surface area (Å²) in [6.07, 6.45) is 3.57. The first-order chi connectivity index (χ1) is 9.65. The van der Waals surface area contributed by atoms with Crippen LogP contribution in [-0.4, -0.2) is 21.0 Å². The lowest BCUT2D eigenvalue weighted by Gasteiger charge is -2.28. The lowest BCUT2D eigenvalue weighted by Crippen LogP contribution is -2.29. The van der Waals surface area contributed by atoms with E-state index in [-0.39, 0.29) is 12.1 Å².